The number of hydrogen-bond donors (Lipinski definition) is 2. The number of carbonyl (C=O) groups is 1. The summed E-state index contributed by atoms with van der Waals surface area (Å²) in [6.45, 7) is 6.29. The van der Waals surface area contributed by atoms with Gasteiger partial charge >= 0.3 is 0 Å². The zero-order valence-corrected chi connectivity index (χ0v) is 18.8. The average Bonchev–Trinajstić information content (AvgIpc) is 2.82. The van der Waals surface area contributed by atoms with Crippen LogP contribution in [0, 0.1) is 19.7 Å². The number of amides is 1. The molecule has 0 unspecified atom stereocenters. The minimum absolute atomic E-state index is 0.0385. The molecule has 1 amide bonds. The first-order valence-corrected chi connectivity index (χ1v) is 10.5. The first kappa shape index (κ1) is 22.2. The van der Waals surface area contributed by atoms with Crippen molar-refractivity contribution in [3.63, 3.8) is 0 Å². The molecule has 8 nitrogen and oxygen atoms in total. The molecule has 9 heteroatoms. The van der Waals surface area contributed by atoms with E-state index in [4.69, 9.17) is 0 Å². The van der Waals surface area contributed by atoms with E-state index in [2.05, 4.69) is 35.6 Å². The van der Waals surface area contributed by atoms with Crippen LogP contribution in [0.2, 0.25) is 0 Å². The Morgan fingerprint density at radius 3 is 2.70 bits per heavy atom. The molecule has 3 heterocycles. The van der Waals surface area contributed by atoms with Gasteiger partial charge in [-0.15, -0.1) is 0 Å². The summed E-state index contributed by atoms with van der Waals surface area (Å²) in [7, 11) is 1.52. The van der Waals surface area contributed by atoms with E-state index >= 15 is 0 Å². The molecule has 1 atom stereocenters. The smallest absolute Gasteiger partial charge is 0.251 e. The van der Waals surface area contributed by atoms with Gasteiger partial charge in [-0.3, -0.25) is 9.78 Å². The summed E-state index contributed by atoms with van der Waals surface area (Å²) in [5, 5.41) is 6.09. The van der Waals surface area contributed by atoms with E-state index in [9.17, 15) is 9.18 Å². The Labute approximate surface area is 190 Å². The molecule has 0 saturated carbocycles. The van der Waals surface area contributed by atoms with Crippen molar-refractivity contribution < 1.29 is 9.18 Å². The molecule has 0 spiro atoms. The van der Waals surface area contributed by atoms with Crippen LogP contribution < -0.4 is 10.6 Å². The Bertz CT molecular complexity index is 1340. The fraction of sp³-hybridized carbons (Fsp3) is 0.250. The molecule has 0 aliphatic rings. The molecule has 0 aliphatic carbocycles. The number of hydrogen-bond acceptors (Lipinski definition) is 7. The van der Waals surface area contributed by atoms with Gasteiger partial charge in [0.15, 0.2) is 0 Å². The standard InChI is InChI=1S/C24H24FN7O/c1-13(16-5-6-19(25)22-17(24(33)26-4)7-8-27-23(16)22)10-29-21-9-20(30-12-31-21)18-11-28-15(3)32-14(18)2/h5-9,11-13H,10H2,1-4H3,(H,26,33)(H,29,30,31)/t13-/m1/s1. The van der Waals surface area contributed by atoms with Gasteiger partial charge in [0, 0.05) is 48.9 Å². The maximum Gasteiger partial charge on any atom is 0.251 e. The topological polar surface area (TPSA) is 106 Å². The van der Waals surface area contributed by atoms with Crippen molar-refractivity contribution in [1.82, 2.24) is 30.2 Å². The lowest BCUT2D eigenvalue weighted by molar-refractivity contribution is 0.0964. The Kier molecular flexibility index (Phi) is 6.21. The quantitative estimate of drug-likeness (QED) is 0.465. The Balaban J connectivity index is 1.59. The van der Waals surface area contributed by atoms with Crippen molar-refractivity contribution in [3.8, 4) is 11.3 Å². The average molecular weight is 446 g/mol. The first-order chi connectivity index (χ1) is 15.9. The highest BCUT2D eigenvalue weighted by Crippen LogP contribution is 2.29. The fourth-order valence-corrected chi connectivity index (χ4v) is 3.77. The largest absolute Gasteiger partial charge is 0.369 e. The van der Waals surface area contributed by atoms with Crippen LogP contribution in [0.3, 0.4) is 0 Å². The SMILES string of the molecule is CNC(=O)c1ccnc2c([C@H](C)CNc3cc(-c4cnc(C)nc4C)ncn3)ccc(F)c12. The Hall–Kier alpha value is -4.01. The summed E-state index contributed by atoms with van der Waals surface area (Å²) in [5.41, 5.74) is 3.98. The number of carbonyl (C=O) groups excluding carboxylic acids is 1. The van der Waals surface area contributed by atoms with Crippen molar-refractivity contribution in [3.05, 3.63) is 71.4 Å². The molecule has 2 N–H and O–H groups in total. The van der Waals surface area contributed by atoms with Crippen molar-refractivity contribution in [2.24, 2.45) is 0 Å². The summed E-state index contributed by atoms with van der Waals surface area (Å²) < 4.78 is 14.6. The normalized spacial score (nSPS) is 11.9. The van der Waals surface area contributed by atoms with Crippen LogP contribution in [0.5, 0.6) is 0 Å². The van der Waals surface area contributed by atoms with Crippen LogP contribution in [0.25, 0.3) is 22.2 Å². The zero-order chi connectivity index (χ0) is 23.5. The number of pyridine rings is 1. The summed E-state index contributed by atoms with van der Waals surface area (Å²) in [6.07, 6.45) is 4.78. The molecule has 33 heavy (non-hydrogen) atoms. The first-order valence-electron chi connectivity index (χ1n) is 10.5. The van der Waals surface area contributed by atoms with Crippen LogP contribution in [-0.4, -0.2) is 44.4 Å². The minimum Gasteiger partial charge on any atom is -0.369 e. The number of fused-ring (bicyclic) bond motifs is 1. The van der Waals surface area contributed by atoms with Crippen LogP contribution in [-0.2, 0) is 0 Å². The number of benzene rings is 1. The van der Waals surface area contributed by atoms with E-state index in [1.54, 1.807) is 12.3 Å². The van der Waals surface area contributed by atoms with E-state index in [1.807, 2.05) is 26.8 Å². The Morgan fingerprint density at radius 1 is 1.12 bits per heavy atom. The summed E-state index contributed by atoms with van der Waals surface area (Å²) in [4.78, 5) is 33.9. The highest BCUT2D eigenvalue weighted by molar-refractivity contribution is 6.06. The maximum absolute atomic E-state index is 14.6. The third-order valence-corrected chi connectivity index (χ3v) is 5.51. The fourth-order valence-electron chi connectivity index (χ4n) is 3.77. The summed E-state index contributed by atoms with van der Waals surface area (Å²) >= 11 is 0. The molecule has 0 bridgehead atoms. The molecular weight excluding hydrogens is 421 g/mol. The van der Waals surface area contributed by atoms with Gasteiger partial charge in [0.1, 0.15) is 23.8 Å². The predicted molar refractivity (Wildman–Crippen MR) is 125 cm³/mol. The number of halogens is 1. The number of aryl methyl sites for hydroxylation is 2. The summed E-state index contributed by atoms with van der Waals surface area (Å²) in [6, 6.07) is 6.46. The van der Waals surface area contributed by atoms with E-state index in [0.29, 0.717) is 23.7 Å². The van der Waals surface area contributed by atoms with Gasteiger partial charge in [0.05, 0.1) is 22.5 Å². The zero-order valence-electron chi connectivity index (χ0n) is 18.8. The maximum atomic E-state index is 14.6. The van der Waals surface area contributed by atoms with Crippen LogP contribution in [0.1, 0.15) is 40.3 Å². The van der Waals surface area contributed by atoms with Crippen molar-refractivity contribution in [2.45, 2.75) is 26.7 Å². The highest BCUT2D eigenvalue weighted by atomic mass is 19.1. The van der Waals surface area contributed by atoms with Gasteiger partial charge in [-0.05, 0) is 31.5 Å². The molecule has 4 rings (SSSR count). The number of rotatable bonds is 6. The summed E-state index contributed by atoms with van der Waals surface area (Å²) in [5.74, 6) is 0.489. The third-order valence-electron chi connectivity index (χ3n) is 5.51. The van der Waals surface area contributed by atoms with Gasteiger partial charge in [-0.2, -0.15) is 0 Å². The minimum atomic E-state index is -0.475. The lowest BCUT2D eigenvalue weighted by atomic mass is 9.95. The molecule has 168 valence electrons. The number of nitrogens with one attached hydrogen (secondary N) is 2. The third kappa shape index (κ3) is 4.48. The molecular formula is C24H24FN7O. The molecule has 0 fully saturated rings. The number of aromatic nitrogens is 5. The van der Waals surface area contributed by atoms with Crippen molar-refractivity contribution in [1.29, 1.82) is 0 Å². The van der Waals surface area contributed by atoms with Gasteiger partial charge in [0.25, 0.3) is 5.91 Å². The second kappa shape index (κ2) is 9.23. The van der Waals surface area contributed by atoms with E-state index < -0.39 is 5.82 Å². The second-order valence-corrected chi connectivity index (χ2v) is 7.78. The molecule has 0 saturated heterocycles. The lowest BCUT2D eigenvalue weighted by Gasteiger charge is -2.17. The van der Waals surface area contributed by atoms with E-state index in [0.717, 1.165) is 22.5 Å². The highest BCUT2D eigenvalue weighted by Gasteiger charge is 2.18. The molecule has 3 aromatic heterocycles. The molecule has 4 aromatic rings. The Morgan fingerprint density at radius 2 is 1.94 bits per heavy atom. The molecule has 1 aromatic carbocycles. The van der Waals surface area contributed by atoms with Gasteiger partial charge in [0.2, 0.25) is 0 Å². The van der Waals surface area contributed by atoms with E-state index in [-0.39, 0.29) is 22.8 Å². The number of nitrogens with zero attached hydrogens (tertiary/aromatic N) is 5. The monoisotopic (exact) mass is 445 g/mol. The lowest BCUT2D eigenvalue weighted by Crippen LogP contribution is -2.19. The van der Waals surface area contributed by atoms with Gasteiger partial charge in [-0.1, -0.05) is 13.0 Å². The molecule has 0 aliphatic heterocycles. The van der Waals surface area contributed by atoms with Crippen LogP contribution >= 0.6 is 0 Å². The van der Waals surface area contributed by atoms with E-state index in [1.165, 1.54) is 31.7 Å². The van der Waals surface area contributed by atoms with Crippen LogP contribution in [0.4, 0.5) is 10.2 Å². The van der Waals surface area contributed by atoms with Crippen LogP contribution in [0.15, 0.2) is 43.0 Å². The van der Waals surface area contributed by atoms with Gasteiger partial charge < -0.3 is 10.6 Å². The number of anilines is 1. The molecule has 0 radical (unpaired) electrons. The van der Waals surface area contributed by atoms with Crippen molar-refractivity contribution >= 4 is 22.6 Å². The van der Waals surface area contributed by atoms with Gasteiger partial charge in [-0.25, -0.2) is 24.3 Å². The predicted octanol–water partition coefficient (Wildman–Crippen LogP) is 3.81. The second-order valence-electron chi connectivity index (χ2n) is 7.78. The van der Waals surface area contributed by atoms with Crippen molar-refractivity contribution in [2.75, 3.05) is 18.9 Å².